The average Bonchev–Trinajstić information content (AvgIpc) is 2.34. The molecular weight excluding hydrogens is 222 g/mol. The molecule has 2 rings (SSSR count). The van der Waals surface area contributed by atoms with Gasteiger partial charge in [0, 0.05) is 11.6 Å². The standard InChI is InChI=1S/C14H10F2O/c1-2-10-5-3-4-6-14(10)17-11-7-8-12(15)13(16)9-11/h2-9H,1H2. The molecule has 0 aliphatic carbocycles. The number of hydrogen-bond donors (Lipinski definition) is 0. The highest BCUT2D eigenvalue weighted by atomic mass is 19.2. The molecule has 0 heterocycles. The molecule has 0 saturated carbocycles. The van der Waals surface area contributed by atoms with E-state index in [1.54, 1.807) is 18.2 Å². The minimum Gasteiger partial charge on any atom is -0.457 e. The highest BCUT2D eigenvalue weighted by molar-refractivity contribution is 5.56. The molecule has 0 fully saturated rings. The zero-order valence-electron chi connectivity index (χ0n) is 8.99. The van der Waals surface area contributed by atoms with Gasteiger partial charge >= 0.3 is 0 Å². The molecule has 2 aromatic rings. The normalized spacial score (nSPS) is 10.0. The van der Waals surface area contributed by atoms with Crippen molar-refractivity contribution in [2.75, 3.05) is 0 Å². The molecule has 17 heavy (non-hydrogen) atoms. The molecular formula is C14H10F2O. The third-order valence-electron chi connectivity index (χ3n) is 2.26. The summed E-state index contributed by atoms with van der Waals surface area (Å²) in [6, 6.07) is 10.6. The molecule has 0 atom stereocenters. The van der Waals surface area contributed by atoms with Gasteiger partial charge in [-0.15, -0.1) is 0 Å². The van der Waals surface area contributed by atoms with Gasteiger partial charge in [0.05, 0.1) is 0 Å². The molecule has 0 spiro atoms. The Kier molecular flexibility index (Phi) is 3.19. The van der Waals surface area contributed by atoms with E-state index in [1.807, 2.05) is 12.1 Å². The van der Waals surface area contributed by atoms with Crippen molar-refractivity contribution in [2.24, 2.45) is 0 Å². The zero-order chi connectivity index (χ0) is 12.3. The summed E-state index contributed by atoms with van der Waals surface area (Å²) in [6.07, 6.45) is 1.63. The lowest BCUT2D eigenvalue weighted by atomic mass is 10.2. The number of para-hydroxylation sites is 1. The van der Waals surface area contributed by atoms with E-state index in [0.717, 1.165) is 17.7 Å². The van der Waals surface area contributed by atoms with Gasteiger partial charge in [0.15, 0.2) is 11.6 Å². The number of ether oxygens (including phenoxy) is 1. The maximum Gasteiger partial charge on any atom is 0.162 e. The monoisotopic (exact) mass is 232 g/mol. The summed E-state index contributed by atoms with van der Waals surface area (Å²) in [6.45, 7) is 3.65. The summed E-state index contributed by atoms with van der Waals surface area (Å²) in [5.74, 6) is -1.03. The highest BCUT2D eigenvalue weighted by Gasteiger charge is 2.05. The molecule has 2 aromatic carbocycles. The van der Waals surface area contributed by atoms with Crippen LogP contribution in [0.3, 0.4) is 0 Å². The number of rotatable bonds is 3. The van der Waals surface area contributed by atoms with Gasteiger partial charge in [-0.05, 0) is 18.2 Å². The van der Waals surface area contributed by atoms with Crippen LogP contribution in [-0.2, 0) is 0 Å². The molecule has 0 aliphatic rings. The quantitative estimate of drug-likeness (QED) is 0.762. The van der Waals surface area contributed by atoms with E-state index in [2.05, 4.69) is 6.58 Å². The average molecular weight is 232 g/mol. The van der Waals surface area contributed by atoms with Crippen molar-refractivity contribution < 1.29 is 13.5 Å². The third-order valence-corrected chi connectivity index (χ3v) is 2.26. The first-order chi connectivity index (χ1) is 8.20. The lowest BCUT2D eigenvalue weighted by Crippen LogP contribution is -1.89. The Labute approximate surface area is 98.0 Å². The molecule has 3 heteroatoms. The maximum atomic E-state index is 13.0. The van der Waals surface area contributed by atoms with Crippen LogP contribution < -0.4 is 4.74 Å². The Morgan fingerprint density at radius 3 is 2.47 bits per heavy atom. The van der Waals surface area contributed by atoms with E-state index in [1.165, 1.54) is 6.07 Å². The second-order valence-electron chi connectivity index (χ2n) is 3.42. The Morgan fingerprint density at radius 1 is 1.00 bits per heavy atom. The Balaban J connectivity index is 2.31. The molecule has 0 bridgehead atoms. The van der Waals surface area contributed by atoms with Gasteiger partial charge < -0.3 is 4.74 Å². The van der Waals surface area contributed by atoms with Crippen LogP contribution >= 0.6 is 0 Å². The number of halogens is 2. The number of hydrogen-bond acceptors (Lipinski definition) is 1. The van der Waals surface area contributed by atoms with Crippen molar-refractivity contribution in [1.29, 1.82) is 0 Å². The summed E-state index contributed by atoms with van der Waals surface area (Å²) in [7, 11) is 0. The van der Waals surface area contributed by atoms with Gasteiger partial charge in [-0.25, -0.2) is 8.78 Å². The Bertz CT molecular complexity index is 550. The Hall–Kier alpha value is -2.16. The summed E-state index contributed by atoms with van der Waals surface area (Å²) in [5.41, 5.74) is 0.789. The van der Waals surface area contributed by atoms with Crippen molar-refractivity contribution in [3.8, 4) is 11.5 Å². The molecule has 0 unspecified atom stereocenters. The molecule has 0 N–H and O–H groups in total. The van der Waals surface area contributed by atoms with Crippen LogP contribution in [0, 0.1) is 11.6 Å². The van der Waals surface area contributed by atoms with Crippen LogP contribution in [0.25, 0.3) is 6.08 Å². The van der Waals surface area contributed by atoms with E-state index in [4.69, 9.17) is 4.74 Å². The molecule has 0 aromatic heterocycles. The summed E-state index contributed by atoms with van der Waals surface area (Å²) in [5, 5.41) is 0. The fourth-order valence-electron chi connectivity index (χ4n) is 1.41. The molecule has 1 nitrogen and oxygen atoms in total. The van der Waals surface area contributed by atoms with Crippen LogP contribution in [0.15, 0.2) is 49.0 Å². The van der Waals surface area contributed by atoms with Gasteiger partial charge in [0.2, 0.25) is 0 Å². The fraction of sp³-hybridized carbons (Fsp3) is 0. The first-order valence-corrected chi connectivity index (χ1v) is 5.05. The predicted octanol–water partition coefficient (Wildman–Crippen LogP) is 4.40. The molecule has 0 radical (unpaired) electrons. The SMILES string of the molecule is C=Cc1ccccc1Oc1ccc(F)c(F)c1. The zero-order valence-corrected chi connectivity index (χ0v) is 8.99. The van der Waals surface area contributed by atoms with Gasteiger partial charge in [0.25, 0.3) is 0 Å². The predicted molar refractivity (Wildman–Crippen MR) is 63.0 cm³/mol. The second-order valence-corrected chi connectivity index (χ2v) is 3.42. The Morgan fingerprint density at radius 2 is 1.76 bits per heavy atom. The number of benzene rings is 2. The van der Waals surface area contributed by atoms with E-state index in [9.17, 15) is 8.78 Å². The van der Waals surface area contributed by atoms with Crippen LogP contribution in [0.5, 0.6) is 11.5 Å². The van der Waals surface area contributed by atoms with Gasteiger partial charge in [-0.2, -0.15) is 0 Å². The third kappa shape index (κ3) is 2.50. The van der Waals surface area contributed by atoms with E-state index in [-0.39, 0.29) is 5.75 Å². The minimum absolute atomic E-state index is 0.248. The second kappa shape index (κ2) is 4.78. The largest absolute Gasteiger partial charge is 0.457 e. The highest BCUT2D eigenvalue weighted by Crippen LogP contribution is 2.26. The van der Waals surface area contributed by atoms with Gasteiger partial charge in [0.1, 0.15) is 11.5 Å². The van der Waals surface area contributed by atoms with E-state index < -0.39 is 11.6 Å². The van der Waals surface area contributed by atoms with Gasteiger partial charge in [-0.3, -0.25) is 0 Å². The van der Waals surface area contributed by atoms with Crippen LogP contribution in [0.2, 0.25) is 0 Å². The summed E-state index contributed by atoms with van der Waals surface area (Å²) >= 11 is 0. The van der Waals surface area contributed by atoms with E-state index in [0.29, 0.717) is 5.75 Å². The molecule has 0 aliphatic heterocycles. The summed E-state index contributed by atoms with van der Waals surface area (Å²) < 4.78 is 31.2. The van der Waals surface area contributed by atoms with E-state index >= 15 is 0 Å². The minimum atomic E-state index is -0.932. The van der Waals surface area contributed by atoms with Crippen molar-refractivity contribution in [3.05, 3.63) is 66.2 Å². The first-order valence-electron chi connectivity index (χ1n) is 5.05. The smallest absolute Gasteiger partial charge is 0.162 e. The molecule has 0 amide bonds. The lowest BCUT2D eigenvalue weighted by molar-refractivity contribution is 0.461. The lowest BCUT2D eigenvalue weighted by Gasteiger charge is -2.08. The van der Waals surface area contributed by atoms with Crippen LogP contribution in [0.1, 0.15) is 5.56 Å². The van der Waals surface area contributed by atoms with Gasteiger partial charge in [-0.1, -0.05) is 30.9 Å². The van der Waals surface area contributed by atoms with Crippen molar-refractivity contribution in [1.82, 2.24) is 0 Å². The molecule has 0 saturated heterocycles. The topological polar surface area (TPSA) is 9.23 Å². The first kappa shape index (κ1) is 11.3. The molecule has 86 valence electrons. The van der Waals surface area contributed by atoms with Crippen molar-refractivity contribution in [2.45, 2.75) is 0 Å². The van der Waals surface area contributed by atoms with Crippen molar-refractivity contribution in [3.63, 3.8) is 0 Å². The maximum absolute atomic E-state index is 13.0. The fourth-order valence-corrected chi connectivity index (χ4v) is 1.41. The van der Waals surface area contributed by atoms with Crippen LogP contribution in [-0.4, -0.2) is 0 Å². The van der Waals surface area contributed by atoms with Crippen LogP contribution in [0.4, 0.5) is 8.78 Å². The summed E-state index contributed by atoms with van der Waals surface area (Å²) in [4.78, 5) is 0. The van der Waals surface area contributed by atoms with Crippen molar-refractivity contribution >= 4 is 6.08 Å².